The van der Waals surface area contributed by atoms with E-state index in [2.05, 4.69) is 34.3 Å². The molecule has 1 fully saturated rings. The van der Waals surface area contributed by atoms with Gasteiger partial charge in [0.25, 0.3) is 11.6 Å². The number of nitro groups is 1. The Morgan fingerprint density at radius 3 is 2.81 bits per heavy atom. The van der Waals surface area contributed by atoms with Gasteiger partial charge in [0.15, 0.2) is 5.69 Å². The largest absolute Gasteiger partial charge is 0.379 e. The number of morpholine rings is 1. The minimum Gasteiger partial charge on any atom is -0.379 e. The molecule has 1 saturated heterocycles. The van der Waals surface area contributed by atoms with Crippen LogP contribution in [0.4, 0.5) is 5.69 Å². The monoisotopic (exact) mass is 375 g/mol. The fourth-order valence-electron chi connectivity index (χ4n) is 3.43. The normalized spacial score (nSPS) is 16.6. The van der Waals surface area contributed by atoms with Gasteiger partial charge in [0.1, 0.15) is 0 Å². The van der Waals surface area contributed by atoms with Crippen LogP contribution in [0.15, 0.2) is 18.2 Å². The number of hydrogen-bond donors (Lipinski definition) is 2. The fraction of sp³-hybridized carbons (Fsp3) is 0.556. The van der Waals surface area contributed by atoms with Crippen molar-refractivity contribution in [3.8, 4) is 0 Å². The van der Waals surface area contributed by atoms with Crippen molar-refractivity contribution in [2.24, 2.45) is 5.92 Å². The van der Waals surface area contributed by atoms with Crippen molar-refractivity contribution in [1.82, 2.24) is 20.4 Å². The van der Waals surface area contributed by atoms with E-state index >= 15 is 0 Å². The molecule has 9 nitrogen and oxygen atoms in total. The second-order valence-electron chi connectivity index (χ2n) is 7.20. The predicted octanol–water partition coefficient (Wildman–Crippen LogP) is 1.95. The van der Waals surface area contributed by atoms with Crippen LogP contribution >= 0.6 is 0 Å². The molecule has 1 unspecified atom stereocenters. The van der Waals surface area contributed by atoms with Gasteiger partial charge in [-0.25, -0.2) is 0 Å². The Kier molecular flexibility index (Phi) is 6.02. The molecule has 1 atom stereocenters. The summed E-state index contributed by atoms with van der Waals surface area (Å²) in [4.78, 5) is 25.5. The molecule has 1 aromatic carbocycles. The highest BCUT2D eigenvalue weighted by molar-refractivity contribution is 6.05. The molecule has 1 aliphatic heterocycles. The number of benzene rings is 1. The summed E-state index contributed by atoms with van der Waals surface area (Å²) in [5.74, 6) is 0.173. The molecular weight excluding hydrogens is 350 g/mol. The number of amides is 1. The van der Waals surface area contributed by atoms with Gasteiger partial charge < -0.3 is 10.1 Å². The Bertz CT molecular complexity index is 813. The lowest BCUT2D eigenvalue weighted by Crippen LogP contribution is -2.49. The first-order valence-corrected chi connectivity index (χ1v) is 9.18. The molecule has 1 aliphatic rings. The van der Waals surface area contributed by atoms with Gasteiger partial charge in [-0.05, 0) is 18.4 Å². The molecule has 0 spiro atoms. The van der Waals surface area contributed by atoms with E-state index in [1.807, 2.05) is 0 Å². The number of carbonyl (C=O) groups excluding carboxylic acids is 1. The highest BCUT2D eigenvalue weighted by Crippen LogP contribution is 2.22. The van der Waals surface area contributed by atoms with E-state index in [1.165, 1.54) is 12.1 Å². The smallest absolute Gasteiger partial charge is 0.272 e. The average Bonchev–Trinajstić information content (AvgIpc) is 3.08. The highest BCUT2D eigenvalue weighted by Gasteiger charge is 2.24. The van der Waals surface area contributed by atoms with Gasteiger partial charge in [0, 0.05) is 43.2 Å². The number of aromatic nitrogens is 2. The molecule has 2 N–H and O–H groups in total. The summed E-state index contributed by atoms with van der Waals surface area (Å²) >= 11 is 0. The maximum atomic E-state index is 12.7. The summed E-state index contributed by atoms with van der Waals surface area (Å²) in [6, 6.07) is 4.55. The van der Waals surface area contributed by atoms with Gasteiger partial charge in [0.05, 0.1) is 23.7 Å². The number of nitrogens with zero attached hydrogens (tertiary/aromatic N) is 3. The van der Waals surface area contributed by atoms with Gasteiger partial charge in [0.2, 0.25) is 0 Å². The van der Waals surface area contributed by atoms with Crippen LogP contribution in [-0.4, -0.2) is 64.8 Å². The lowest BCUT2D eigenvalue weighted by molar-refractivity contribution is -0.384. The van der Waals surface area contributed by atoms with Crippen LogP contribution in [-0.2, 0) is 4.74 Å². The summed E-state index contributed by atoms with van der Waals surface area (Å²) < 4.78 is 5.42. The van der Waals surface area contributed by atoms with E-state index in [1.54, 1.807) is 6.07 Å². The fourth-order valence-corrected chi connectivity index (χ4v) is 3.43. The van der Waals surface area contributed by atoms with Crippen LogP contribution in [0.25, 0.3) is 10.9 Å². The molecule has 9 heteroatoms. The number of aromatic amines is 1. The highest BCUT2D eigenvalue weighted by atomic mass is 16.6. The lowest BCUT2D eigenvalue weighted by atomic mass is 10.0. The summed E-state index contributed by atoms with van der Waals surface area (Å²) in [7, 11) is 0. The molecule has 1 amide bonds. The van der Waals surface area contributed by atoms with Gasteiger partial charge in [-0.2, -0.15) is 5.10 Å². The molecule has 0 aliphatic carbocycles. The van der Waals surface area contributed by atoms with Gasteiger partial charge in [-0.15, -0.1) is 0 Å². The number of fused-ring (bicyclic) bond motifs is 1. The topological polar surface area (TPSA) is 113 Å². The molecule has 0 bridgehead atoms. The van der Waals surface area contributed by atoms with E-state index in [4.69, 9.17) is 4.74 Å². The van der Waals surface area contributed by atoms with Crippen LogP contribution in [0.5, 0.6) is 0 Å². The third kappa shape index (κ3) is 4.61. The summed E-state index contributed by atoms with van der Waals surface area (Å²) in [5.41, 5.74) is 0.709. The number of ether oxygens (including phenoxy) is 1. The molecule has 0 radical (unpaired) electrons. The summed E-state index contributed by atoms with van der Waals surface area (Å²) in [5, 5.41) is 21.2. The van der Waals surface area contributed by atoms with Crippen molar-refractivity contribution in [2.45, 2.75) is 26.3 Å². The molecule has 27 heavy (non-hydrogen) atoms. The van der Waals surface area contributed by atoms with Gasteiger partial charge in [-0.3, -0.25) is 24.9 Å². The molecule has 0 saturated carbocycles. The van der Waals surface area contributed by atoms with Crippen LogP contribution in [0, 0.1) is 16.0 Å². The van der Waals surface area contributed by atoms with Crippen molar-refractivity contribution >= 4 is 22.5 Å². The first-order valence-electron chi connectivity index (χ1n) is 9.18. The van der Waals surface area contributed by atoms with Gasteiger partial charge in [-0.1, -0.05) is 13.8 Å². The lowest BCUT2D eigenvalue weighted by Gasteiger charge is -2.35. The van der Waals surface area contributed by atoms with Crippen LogP contribution in [0.1, 0.15) is 30.8 Å². The number of non-ortho nitro benzene ring substituents is 1. The van der Waals surface area contributed by atoms with Crippen molar-refractivity contribution in [2.75, 3.05) is 32.8 Å². The van der Waals surface area contributed by atoms with Crippen molar-refractivity contribution in [3.05, 3.63) is 34.0 Å². The van der Waals surface area contributed by atoms with Crippen LogP contribution in [0.3, 0.4) is 0 Å². The Labute approximate surface area is 157 Å². The number of H-pyrrole nitrogens is 1. The number of nitro benzene ring substituents is 1. The molecular formula is C18H25N5O4. The van der Waals surface area contributed by atoms with Crippen LogP contribution in [0.2, 0.25) is 0 Å². The van der Waals surface area contributed by atoms with Crippen molar-refractivity contribution < 1.29 is 14.5 Å². The second-order valence-corrected chi connectivity index (χ2v) is 7.20. The van der Waals surface area contributed by atoms with Crippen molar-refractivity contribution in [3.63, 3.8) is 0 Å². The summed E-state index contributed by atoms with van der Waals surface area (Å²) in [6.07, 6.45) is 0.965. The molecule has 1 aromatic heterocycles. The third-order valence-corrected chi connectivity index (χ3v) is 4.78. The van der Waals surface area contributed by atoms with E-state index in [9.17, 15) is 14.9 Å². The zero-order valence-electron chi connectivity index (χ0n) is 15.6. The minimum atomic E-state index is -0.481. The second kappa shape index (κ2) is 8.45. The number of nitrogens with one attached hydrogen (secondary N) is 2. The quantitative estimate of drug-likeness (QED) is 0.565. The van der Waals surface area contributed by atoms with E-state index in [0.29, 0.717) is 36.6 Å². The molecule has 3 rings (SSSR count). The molecule has 2 heterocycles. The predicted molar refractivity (Wildman–Crippen MR) is 101 cm³/mol. The van der Waals surface area contributed by atoms with E-state index < -0.39 is 4.92 Å². The Morgan fingerprint density at radius 2 is 2.15 bits per heavy atom. The minimum absolute atomic E-state index is 0.0658. The zero-order chi connectivity index (χ0) is 19.4. The first kappa shape index (κ1) is 19.2. The van der Waals surface area contributed by atoms with Crippen LogP contribution < -0.4 is 5.32 Å². The standard InChI is InChI=1S/C18H25N5O4/c1-12(2)9-14(22-5-7-27-8-6-22)11-19-18(24)17-15-10-13(23(25)26)3-4-16(15)20-21-17/h3-4,10,12,14H,5-9,11H2,1-2H3,(H,19,24)(H,20,21). The average molecular weight is 375 g/mol. The van der Waals surface area contributed by atoms with Crippen molar-refractivity contribution in [1.29, 1.82) is 0 Å². The molecule has 2 aromatic rings. The first-order chi connectivity index (χ1) is 13.0. The maximum Gasteiger partial charge on any atom is 0.272 e. The van der Waals surface area contributed by atoms with Gasteiger partial charge >= 0.3 is 0 Å². The Balaban J connectivity index is 1.72. The Morgan fingerprint density at radius 1 is 1.41 bits per heavy atom. The third-order valence-electron chi connectivity index (χ3n) is 4.78. The Hall–Kier alpha value is -2.52. The zero-order valence-corrected chi connectivity index (χ0v) is 15.6. The van der Waals surface area contributed by atoms with E-state index in [0.717, 1.165) is 19.5 Å². The number of rotatable bonds is 7. The maximum absolute atomic E-state index is 12.7. The molecule has 146 valence electrons. The summed E-state index contributed by atoms with van der Waals surface area (Å²) in [6.45, 7) is 7.94. The number of carbonyl (C=O) groups is 1. The van der Waals surface area contributed by atoms with E-state index in [-0.39, 0.29) is 23.3 Å². The number of hydrogen-bond acceptors (Lipinski definition) is 6. The SMILES string of the molecule is CC(C)CC(CNC(=O)c1n[nH]c2ccc([N+](=O)[O-])cc12)N1CCOCC1.